The summed E-state index contributed by atoms with van der Waals surface area (Å²) in [5.74, 6) is -7.86. The highest BCUT2D eigenvalue weighted by Crippen LogP contribution is 2.53. The number of fused-ring (bicyclic) bond motifs is 3. The number of methoxy groups -OCH3 is 2. The number of carbonyl (C=O) groups is 5. The number of non-ortho nitro benzene ring substituents is 1. The summed E-state index contributed by atoms with van der Waals surface area (Å²) in [6.07, 6.45) is -14.5. The summed E-state index contributed by atoms with van der Waals surface area (Å²) < 4.78 is 77.4. The number of phenols is 2. The highest BCUT2D eigenvalue weighted by atomic mass is 19.4. The molecule has 1 fully saturated rings. The summed E-state index contributed by atoms with van der Waals surface area (Å²) >= 11 is 0. The molecule has 2 aliphatic carbocycles. The smallest absolute Gasteiger partial charge is 0.471 e. The van der Waals surface area contributed by atoms with Gasteiger partial charge in [-0.25, -0.2) is 4.79 Å². The third-order valence-electron chi connectivity index (χ3n) is 14.0. The number of halogens is 3. The maximum atomic E-state index is 15.1. The fourth-order valence-corrected chi connectivity index (χ4v) is 10.3. The highest BCUT2D eigenvalue weighted by molar-refractivity contribution is 6.31. The number of nitrogens with one attached hydrogen (secondary N) is 1. The number of nitro benzene ring substituents is 1. The summed E-state index contributed by atoms with van der Waals surface area (Å²) in [7, 11) is 2.74. The minimum atomic E-state index is -5.45. The largest absolute Gasteiger partial charge is 0.507 e. The molecule has 1 heterocycles. The van der Waals surface area contributed by atoms with Gasteiger partial charge in [0.15, 0.2) is 17.9 Å². The number of hydrogen-bond acceptors (Lipinski definition) is 16. The monoisotopic (exact) mass is 1060 g/mol. The minimum Gasteiger partial charge on any atom is -0.507 e. The lowest BCUT2D eigenvalue weighted by atomic mass is 9.71. The number of amides is 1. The van der Waals surface area contributed by atoms with Crippen molar-refractivity contribution in [2.75, 3.05) is 20.8 Å². The normalized spacial score (nSPS) is 20.9. The minimum absolute atomic E-state index is 0.0482. The second-order valence-corrected chi connectivity index (χ2v) is 18.5. The molecule has 77 heavy (non-hydrogen) atoms. The Hall–Kier alpha value is -8.50. The van der Waals surface area contributed by atoms with Crippen LogP contribution in [0.4, 0.5) is 18.9 Å². The van der Waals surface area contributed by atoms with Gasteiger partial charge in [-0.3, -0.25) is 29.3 Å². The van der Waals surface area contributed by atoms with E-state index in [0.717, 1.165) is 24.3 Å². The zero-order valence-corrected chi connectivity index (χ0v) is 41.1. The second-order valence-electron chi connectivity index (χ2n) is 18.5. The molecule has 6 aromatic rings. The van der Waals surface area contributed by atoms with Crippen LogP contribution in [-0.2, 0) is 40.6 Å². The molecule has 0 spiro atoms. The van der Waals surface area contributed by atoms with Crippen molar-refractivity contribution >= 4 is 34.9 Å². The maximum Gasteiger partial charge on any atom is 0.471 e. The van der Waals surface area contributed by atoms with E-state index in [0.29, 0.717) is 22.4 Å². The Bertz CT molecular complexity index is 3260. The molecule has 0 saturated carbocycles. The Morgan fingerprint density at radius 1 is 0.792 bits per heavy atom. The van der Waals surface area contributed by atoms with E-state index in [-0.39, 0.29) is 28.1 Å². The zero-order chi connectivity index (χ0) is 55.1. The van der Waals surface area contributed by atoms with Crippen LogP contribution in [0.1, 0.15) is 95.9 Å². The molecule has 6 atom stereocenters. The zero-order valence-electron chi connectivity index (χ0n) is 41.1. The van der Waals surface area contributed by atoms with E-state index < -0.39 is 142 Å². The number of phenolic OH excluding ortho intramolecular Hbond substituents is 2. The number of nitro groups is 1. The quantitative estimate of drug-likeness (QED) is 0.0255. The first-order valence-electron chi connectivity index (χ1n) is 23.9. The first kappa shape index (κ1) is 53.3. The highest BCUT2D eigenvalue weighted by Gasteiger charge is 2.53. The van der Waals surface area contributed by atoms with Gasteiger partial charge in [0.2, 0.25) is 5.78 Å². The number of rotatable bonds is 15. The van der Waals surface area contributed by atoms with Crippen molar-refractivity contribution in [3.8, 4) is 23.0 Å². The third kappa shape index (κ3) is 9.85. The van der Waals surface area contributed by atoms with Gasteiger partial charge in [0.1, 0.15) is 46.9 Å². The van der Waals surface area contributed by atoms with Crippen molar-refractivity contribution in [3.05, 3.63) is 193 Å². The molecular formula is C56H47F3N2O16. The lowest BCUT2D eigenvalue weighted by Gasteiger charge is -2.44. The van der Waals surface area contributed by atoms with Crippen LogP contribution in [0.3, 0.4) is 0 Å². The molecule has 0 radical (unpaired) electrons. The van der Waals surface area contributed by atoms with E-state index in [1.54, 1.807) is 84.9 Å². The van der Waals surface area contributed by atoms with Crippen molar-refractivity contribution in [2.24, 2.45) is 0 Å². The SMILES string of the molecule is COc1ccc(C(OCC(=O)[C@]2(O)Cc3c(O)c4c(c(O)c3[C@@H](O[C@H]3C[C@H](NC(=O)C(F)(F)F)[C@H](OC(=O)c5ccc([N+](=O)[O-])cc5)[C@H](C)O3)C2)C(=O)c2c(OC)cccc2C4=O)(c2ccccc2)c2ccccc2)cc1. The van der Waals surface area contributed by atoms with Crippen molar-refractivity contribution in [1.29, 1.82) is 0 Å². The van der Waals surface area contributed by atoms with E-state index in [2.05, 4.69) is 0 Å². The first-order valence-corrected chi connectivity index (χ1v) is 23.9. The number of ketones is 3. The summed E-state index contributed by atoms with van der Waals surface area (Å²) in [6.45, 7) is 0.409. The van der Waals surface area contributed by atoms with Crippen molar-refractivity contribution in [1.82, 2.24) is 5.32 Å². The van der Waals surface area contributed by atoms with E-state index in [4.69, 9.17) is 28.4 Å². The average molecular weight is 1060 g/mol. The van der Waals surface area contributed by atoms with Gasteiger partial charge < -0.3 is 49.1 Å². The molecule has 1 amide bonds. The van der Waals surface area contributed by atoms with E-state index >= 15 is 4.79 Å². The number of esters is 1. The Morgan fingerprint density at radius 2 is 1.40 bits per heavy atom. The molecule has 0 bridgehead atoms. The molecule has 9 rings (SSSR count). The van der Waals surface area contributed by atoms with Crippen LogP contribution >= 0.6 is 0 Å². The van der Waals surface area contributed by atoms with Gasteiger partial charge in [-0.05, 0) is 53.9 Å². The van der Waals surface area contributed by atoms with Crippen LogP contribution in [0.25, 0.3) is 0 Å². The molecule has 0 unspecified atom stereocenters. The molecule has 398 valence electrons. The molecule has 1 aliphatic heterocycles. The maximum absolute atomic E-state index is 15.1. The van der Waals surface area contributed by atoms with Crippen LogP contribution in [-0.4, -0.2) is 107 Å². The Morgan fingerprint density at radius 3 is 1.99 bits per heavy atom. The van der Waals surface area contributed by atoms with E-state index in [1.807, 2.05) is 5.32 Å². The number of aromatic hydroxyl groups is 2. The predicted molar refractivity (Wildman–Crippen MR) is 263 cm³/mol. The standard InChI is InChI=1S/C56H47F3N2O16/c1-29-51(77-52(67)30-17-21-34(22-18-30)61(70)71)38(60-53(68)56(57,58)59)25-42(75-29)76-40-27-54(69,26-37-44(40)50(66)46-45(48(37)64)47(63)36-15-10-16-39(73-3)43(36)49(46)65)41(62)28-74-55(31-11-6-4-7-12-31,32-13-8-5-9-14-32)33-19-23-35(72-2)24-20-33/h4-24,29,38,40,42,51,64,66,69H,25-28H2,1-3H3,(H,60,68)/t29-,38-,40-,42-,51+,54-/m0/s1. The van der Waals surface area contributed by atoms with Gasteiger partial charge in [-0.2, -0.15) is 13.2 Å². The van der Waals surface area contributed by atoms with Gasteiger partial charge in [0.05, 0.1) is 59.6 Å². The van der Waals surface area contributed by atoms with Gasteiger partial charge in [0, 0.05) is 48.1 Å². The lowest BCUT2D eigenvalue weighted by molar-refractivity contribution is -0.384. The molecular weight excluding hydrogens is 1010 g/mol. The average Bonchev–Trinajstić information content (AvgIpc) is 3.54. The van der Waals surface area contributed by atoms with Crippen LogP contribution in [0.2, 0.25) is 0 Å². The van der Waals surface area contributed by atoms with Crippen LogP contribution in [0, 0.1) is 10.1 Å². The number of ether oxygens (including phenoxy) is 6. The lowest BCUT2D eigenvalue weighted by Crippen LogP contribution is -2.59. The fraction of sp³-hybridized carbons (Fsp3) is 0.268. The summed E-state index contributed by atoms with van der Waals surface area (Å²) in [5, 5.41) is 50.4. The summed E-state index contributed by atoms with van der Waals surface area (Å²) in [5.41, 5.74) is -5.77. The van der Waals surface area contributed by atoms with Crippen LogP contribution in [0.15, 0.2) is 127 Å². The number of hydrogen-bond donors (Lipinski definition) is 4. The Kier molecular flexibility index (Phi) is 14.5. The summed E-state index contributed by atoms with van der Waals surface area (Å²) in [6, 6.07) is 31.1. The number of aliphatic hydroxyl groups is 1. The Balaban J connectivity index is 1.12. The number of benzene rings is 6. The van der Waals surface area contributed by atoms with Gasteiger partial charge in [-0.15, -0.1) is 0 Å². The molecule has 3 aliphatic rings. The van der Waals surface area contributed by atoms with Gasteiger partial charge in [-0.1, -0.05) is 84.9 Å². The predicted octanol–water partition coefficient (Wildman–Crippen LogP) is 7.52. The van der Waals surface area contributed by atoms with Crippen molar-refractivity contribution < 1.29 is 85.8 Å². The third-order valence-corrected chi connectivity index (χ3v) is 14.0. The first-order chi connectivity index (χ1) is 36.7. The van der Waals surface area contributed by atoms with Crippen molar-refractivity contribution in [3.63, 3.8) is 0 Å². The number of nitrogens with zero attached hydrogens (tertiary/aromatic N) is 1. The van der Waals surface area contributed by atoms with Gasteiger partial charge >= 0.3 is 18.1 Å². The topological polar surface area (TPSA) is 257 Å². The fourth-order valence-electron chi connectivity index (χ4n) is 10.3. The van der Waals surface area contributed by atoms with Crippen LogP contribution < -0.4 is 14.8 Å². The van der Waals surface area contributed by atoms with Gasteiger partial charge in [0.25, 0.3) is 5.69 Å². The molecule has 1 saturated heterocycles. The van der Waals surface area contributed by atoms with Crippen LogP contribution in [0.5, 0.6) is 23.0 Å². The molecule has 18 nitrogen and oxygen atoms in total. The molecule has 6 aromatic carbocycles. The second kappa shape index (κ2) is 20.9. The number of alkyl halides is 3. The van der Waals surface area contributed by atoms with E-state index in [9.17, 15) is 57.8 Å². The molecule has 21 heteroatoms. The van der Waals surface area contributed by atoms with E-state index in [1.165, 1.54) is 39.3 Å². The number of carbonyl (C=O) groups excluding carboxylic acids is 5. The number of Topliss-reactive ketones (excluding diaryl/α,β-unsaturated/α-hetero) is 1. The molecule has 4 N–H and O–H groups in total. The summed E-state index contributed by atoms with van der Waals surface area (Å²) in [4.78, 5) is 80.3. The molecule has 0 aromatic heterocycles. The van der Waals surface area contributed by atoms with Crippen molar-refractivity contribution in [2.45, 2.75) is 74.2 Å². The Labute approximate surface area is 436 Å².